The summed E-state index contributed by atoms with van der Waals surface area (Å²) in [5.74, 6) is 0. The summed E-state index contributed by atoms with van der Waals surface area (Å²) in [6.45, 7) is 0. The zero-order chi connectivity index (χ0) is 11.3. The Bertz CT molecular complexity index is 456. The van der Waals surface area contributed by atoms with Gasteiger partial charge in [-0.25, -0.2) is 0 Å². The molecule has 15 heavy (non-hydrogen) atoms. The summed E-state index contributed by atoms with van der Waals surface area (Å²) < 4.78 is 0.0213. The third-order valence-corrected chi connectivity index (χ3v) is 3.01. The molecule has 0 saturated heterocycles. The molecule has 1 atom stereocenters. The van der Waals surface area contributed by atoms with E-state index in [1.807, 2.05) is 12.1 Å². The van der Waals surface area contributed by atoms with Crippen LogP contribution in [0.2, 0.25) is 0 Å². The Labute approximate surface area is 102 Å². The molecule has 0 radical (unpaired) electrons. The minimum atomic E-state index is 0.0213. The van der Waals surface area contributed by atoms with E-state index in [2.05, 4.69) is 28.7 Å². The van der Waals surface area contributed by atoms with Gasteiger partial charge < -0.3 is 0 Å². The molecule has 3 nitrogen and oxygen atoms in total. The Hall–Kier alpha value is -1.58. The summed E-state index contributed by atoms with van der Waals surface area (Å²) in [4.78, 5) is 0. The molecular formula is C11H6IN3. The lowest BCUT2D eigenvalue weighted by Gasteiger charge is -2.06. The second-order valence-corrected chi connectivity index (χ2v) is 4.40. The van der Waals surface area contributed by atoms with Gasteiger partial charge in [0.05, 0.1) is 35.8 Å². The second kappa shape index (κ2) is 5.34. The van der Waals surface area contributed by atoms with E-state index in [0.29, 0.717) is 17.5 Å². The molecule has 0 aliphatic rings. The molecule has 0 aliphatic carbocycles. The van der Waals surface area contributed by atoms with Crippen molar-refractivity contribution in [3.05, 3.63) is 34.9 Å². The fourth-order valence-electron chi connectivity index (χ4n) is 1.16. The fourth-order valence-corrected chi connectivity index (χ4v) is 1.72. The molecule has 0 saturated carbocycles. The Kier molecular flexibility index (Phi) is 4.09. The van der Waals surface area contributed by atoms with Gasteiger partial charge in [0.1, 0.15) is 0 Å². The van der Waals surface area contributed by atoms with Crippen LogP contribution in [0.3, 0.4) is 0 Å². The van der Waals surface area contributed by atoms with Crippen LogP contribution in [0.4, 0.5) is 0 Å². The van der Waals surface area contributed by atoms with Crippen molar-refractivity contribution in [2.75, 3.05) is 0 Å². The number of hydrogen-bond donors (Lipinski definition) is 0. The van der Waals surface area contributed by atoms with E-state index in [1.54, 1.807) is 18.2 Å². The summed E-state index contributed by atoms with van der Waals surface area (Å²) in [6, 6.07) is 11.0. The van der Waals surface area contributed by atoms with E-state index in [9.17, 15) is 0 Å². The number of nitrogens with zero attached hydrogens (tertiary/aromatic N) is 3. The van der Waals surface area contributed by atoms with Crippen LogP contribution in [-0.4, -0.2) is 0 Å². The molecule has 0 N–H and O–H groups in total. The van der Waals surface area contributed by atoms with Gasteiger partial charge in [-0.3, -0.25) is 0 Å². The van der Waals surface area contributed by atoms with Crippen molar-refractivity contribution in [2.45, 2.75) is 10.3 Å². The predicted octanol–water partition coefficient (Wildman–Crippen LogP) is 2.82. The molecule has 72 valence electrons. The number of benzene rings is 1. The normalized spacial score (nSPS) is 10.8. The molecule has 1 unspecified atom stereocenters. The van der Waals surface area contributed by atoms with Gasteiger partial charge in [-0.1, -0.05) is 22.6 Å². The molecule has 0 amide bonds. The summed E-state index contributed by atoms with van der Waals surface area (Å²) >= 11 is 2.13. The zero-order valence-corrected chi connectivity index (χ0v) is 9.89. The van der Waals surface area contributed by atoms with Crippen molar-refractivity contribution in [3.63, 3.8) is 0 Å². The summed E-state index contributed by atoms with van der Waals surface area (Å²) in [7, 11) is 0. The van der Waals surface area contributed by atoms with E-state index < -0.39 is 0 Å². The number of alkyl halides is 1. The maximum atomic E-state index is 8.77. The van der Waals surface area contributed by atoms with Crippen LogP contribution in [0.5, 0.6) is 0 Å². The van der Waals surface area contributed by atoms with E-state index in [1.165, 1.54) is 0 Å². The van der Waals surface area contributed by atoms with Crippen LogP contribution >= 0.6 is 22.6 Å². The zero-order valence-electron chi connectivity index (χ0n) is 7.74. The van der Waals surface area contributed by atoms with Gasteiger partial charge in [0.2, 0.25) is 0 Å². The maximum Gasteiger partial charge on any atom is 0.0992 e. The number of hydrogen-bond acceptors (Lipinski definition) is 3. The molecule has 0 heterocycles. The standard InChI is InChI=1S/C11H6IN3/c12-11(1-2-13)10-4-8(6-14)3-9(5-10)7-15/h3-5,11H,1H2. The predicted molar refractivity (Wildman–Crippen MR) is 62.9 cm³/mol. The molecule has 0 bridgehead atoms. The van der Waals surface area contributed by atoms with Crippen LogP contribution in [0, 0.1) is 34.0 Å². The third-order valence-electron chi connectivity index (χ3n) is 1.85. The highest BCUT2D eigenvalue weighted by molar-refractivity contribution is 14.1. The largest absolute Gasteiger partial charge is 0.198 e. The lowest BCUT2D eigenvalue weighted by Crippen LogP contribution is -1.91. The maximum absolute atomic E-state index is 8.77. The van der Waals surface area contributed by atoms with Crippen molar-refractivity contribution in [2.24, 2.45) is 0 Å². The topological polar surface area (TPSA) is 71.4 Å². The molecule has 1 aromatic carbocycles. The smallest absolute Gasteiger partial charge is 0.0992 e. The van der Waals surface area contributed by atoms with E-state index in [0.717, 1.165) is 5.56 Å². The van der Waals surface area contributed by atoms with Gasteiger partial charge in [-0.2, -0.15) is 15.8 Å². The van der Waals surface area contributed by atoms with Crippen LogP contribution in [0.25, 0.3) is 0 Å². The fraction of sp³-hybridized carbons (Fsp3) is 0.182. The Balaban J connectivity index is 3.16. The van der Waals surface area contributed by atoms with E-state index >= 15 is 0 Å². The van der Waals surface area contributed by atoms with Gasteiger partial charge in [0.25, 0.3) is 0 Å². The molecular weight excluding hydrogens is 301 g/mol. The molecule has 0 aliphatic heterocycles. The van der Waals surface area contributed by atoms with Crippen molar-refractivity contribution in [1.82, 2.24) is 0 Å². The first-order chi connectivity index (χ1) is 7.21. The van der Waals surface area contributed by atoms with Gasteiger partial charge in [0.15, 0.2) is 0 Å². The molecule has 0 spiro atoms. The lowest BCUT2D eigenvalue weighted by molar-refractivity contribution is 1.02. The van der Waals surface area contributed by atoms with Crippen molar-refractivity contribution < 1.29 is 0 Å². The number of rotatable bonds is 2. The summed E-state index contributed by atoms with van der Waals surface area (Å²) in [6.07, 6.45) is 0.375. The lowest BCUT2D eigenvalue weighted by atomic mass is 10.0. The molecule has 4 heteroatoms. The molecule has 1 aromatic rings. The number of halogens is 1. The van der Waals surface area contributed by atoms with Gasteiger partial charge >= 0.3 is 0 Å². The van der Waals surface area contributed by atoms with Crippen molar-refractivity contribution in [1.29, 1.82) is 15.8 Å². The van der Waals surface area contributed by atoms with Crippen molar-refractivity contribution in [3.8, 4) is 18.2 Å². The highest BCUT2D eigenvalue weighted by Crippen LogP contribution is 2.27. The highest BCUT2D eigenvalue weighted by Gasteiger charge is 2.09. The van der Waals surface area contributed by atoms with Gasteiger partial charge in [-0.05, 0) is 23.8 Å². The third kappa shape index (κ3) is 2.94. The average molecular weight is 307 g/mol. The highest BCUT2D eigenvalue weighted by atomic mass is 127. The van der Waals surface area contributed by atoms with Crippen LogP contribution in [0.1, 0.15) is 27.0 Å². The summed E-state index contributed by atoms with van der Waals surface area (Å²) in [5.41, 5.74) is 1.78. The van der Waals surface area contributed by atoms with E-state index in [-0.39, 0.29) is 3.92 Å². The van der Waals surface area contributed by atoms with Crippen molar-refractivity contribution >= 4 is 22.6 Å². The van der Waals surface area contributed by atoms with Gasteiger partial charge in [-0.15, -0.1) is 0 Å². The van der Waals surface area contributed by atoms with E-state index in [4.69, 9.17) is 15.8 Å². The van der Waals surface area contributed by atoms with Crippen LogP contribution < -0.4 is 0 Å². The first-order valence-electron chi connectivity index (χ1n) is 4.17. The Morgan fingerprint density at radius 3 is 2.00 bits per heavy atom. The minimum absolute atomic E-state index is 0.0213. The average Bonchev–Trinajstić information content (AvgIpc) is 2.28. The SMILES string of the molecule is N#CCC(I)c1cc(C#N)cc(C#N)c1. The van der Waals surface area contributed by atoms with Gasteiger partial charge in [0, 0.05) is 3.92 Å². The monoisotopic (exact) mass is 307 g/mol. The number of nitriles is 3. The quantitative estimate of drug-likeness (QED) is 0.623. The molecule has 0 aromatic heterocycles. The Morgan fingerprint density at radius 2 is 1.60 bits per heavy atom. The Morgan fingerprint density at radius 1 is 1.07 bits per heavy atom. The first kappa shape index (κ1) is 11.5. The second-order valence-electron chi connectivity index (χ2n) is 2.90. The summed E-state index contributed by atoms with van der Waals surface area (Å²) in [5, 5.41) is 26.1. The minimum Gasteiger partial charge on any atom is -0.198 e. The van der Waals surface area contributed by atoms with Crippen LogP contribution in [-0.2, 0) is 0 Å². The van der Waals surface area contributed by atoms with Crippen LogP contribution in [0.15, 0.2) is 18.2 Å². The first-order valence-corrected chi connectivity index (χ1v) is 5.42. The molecule has 0 fully saturated rings. The molecule has 1 rings (SSSR count).